The summed E-state index contributed by atoms with van der Waals surface area (Å²) in [6, 6.07) is 29.4. The molecule has 1 fully saturated rings. The second kappa shape index (κ2) is 14.8. The molecule has 3 aromatic rings. The highest BCUT2D eigenvalue weighted by atomic mass is 28.2. The summed E-state index contributed by atoms with van der Waals surface area (Å²) >= 11 is 0. The first-order valence-corrected chi connectivity index (χ1v) is 16.7. The lowest BCUT2D eigenvalue weighted by Crippen LogP contribution is -2.65. The first-order valence-electron chi connectivity index (χ1n) is 15.8. The van der Waals surface area contributed by atoms with Crippen molar-refractivity contribution in [1.82, 2.24) is 9.80 Å². The highest BCUT2D eigenvalue weighted by Gasteiger charge is 2.50. The molecule has 2 atom stereocenters. The largest absolute Gasteiger partial charge is 0.444 e. The lowest BCUT2D eigenvalue weighted by atomic mass is 9.77. The molecule has 3 aromatic carbocycles. The van der Waals surface area contributed by atoms with E-state index in [0.29, 0.717) is 32.7 Å². The Morgan fingerprint density at radius 3 is 1.89 bits per heavy atom. The van der Waals surface area contributed by atoms with Crippen LogP contribution in [0.25, 0.3) is 0 Å². The van der Waals surface area contributed by atoms with Gasteiger partial charge in [0.05, 0.1) is 12.6 Å². The zero-order valence-corrected chi connectivity index (χ0v) is 28.8. The molecule has 0 N–H and O–H groups in total. The van der Waals surface area contributed by atoms with Gasteiger partial charge in [0.15, 0.2) is 0 Å². The van der Waals surface area contributed by atoms with E-state index in [9.17, 15) is 9.59 Å². The van der Waals surface area contributed by atoms with Gasteiger partial charge in [0.25, 0.3) is 0 Å². The van der Waals surface area contributed by atoms with E-state index in [2.05, 4.69) is 45.0 Å². The van der Waals surface area contributed by atoms with E-state index in [4.69, 9.17) is 13.9 Å². The Labute approximate surface area is 271 Å². The van der Waals surface area contributed by atoms with Crippen LogP contribution in [0.2, 0.25) is 5.04 Å². The summed E-state index contributed by atoms with van der Waals surface area (Å²) in [5, 5.41) is -0.115. The molecular formula is C37H48N2O5Si. The highest BCUT2D eigenvalue weighted by molar-refractivity contribution is 6.32. The van der Waals surface area contributed by atoms with Crippen LogP contribution < -0.4 is 0 Å². The highest BCUT2D eigenvalue weighted by Crippen LogP contribution is 2.43. The van der Waals surface area contributed by atoms with Crippen molar-refractivity contribution in [3.8, 4) is 0 Å². The molecule has 0 saturated carbocycles. The SMILES string of the molecule is C[C@H]1C(=O)N([C@@H](CCOCc2ccccc2)C(O[Si]C(C)(C)C)(c2ccccc2)c2ccccc2)CCN1C(=O)OC(C)(C)C. The van der Waals surface area contributed by atoms with Gasteiger partial charge in [-0.15, -0.1) is 0 Å². The van der Waals surface area contributed by atoms with Crippen molar-refractivity contribution in [3.05, 3.63) is 108 Å². The summed E-state index contributed by atoms with van der Waals surface area (Å²) in [6.07, 6.45) is 0.0458. The standard InChI is InChI=1S/C37H48N2O5Si/c1-28-33(40)39(25-24-38(28)34(41)43-35(2,3)4)32(23-26-42-27-29-17-11-8-12-18-29)37(44-45-36(5,6)7,30-19-13-9-14-20-30)31-21-15-10-16-22-31/h8-22,28,32H,23-27H2,1-7H3/t28-,32-/m0/s1. The van der Waals surface area contributed by atoms with Gasteiger partial charge in [-0.1, -0.05) is 112 Å². The monoisotopic (exact) mass is 628 g/mol. The summed E-state index contributed by atoms with van der Waals surface area (Å²) in [5.74, 6) is -0.140. The maximum atomic E-state index is 14.4. The van der Waals surface area contributed by atoms with E-state index in [-0.39, 0.29) is 20.7 Å². The lowest BCUT2D eigenvalue weighted by Gasteiger charge is -2.51. The predicted molar refractivity (Wildman–Crippen MR) is 179 cm³/mol. The van der Waals surface area contributed by atoms with Gasteiger partial charge in [-0.3, -0.25) is 9.69 Å². The molecule has 4 rings (SSSR count). The Morgan fingerprint density at radius 1 is 0.844 bits per heavy atom. The average molecular weight is 629 g/mol. The Balaban J connectivity index is 1.78. The fraction of sp³-hybridized carbons (Fsp3) is 0.459. The number of rotatable bonds is 11. The molecule has 0 bridgehead atoms. The molecule has 8 heteroatoms. The molecule has 0 spiro atoms. The number of amides is 2. The molecule has 0 unspecified atom stereocenters. The van der Waals surface area contributed by atoms with Gasteiger partial charge in [-0.05, 0) is 55.8 Å². The van der Waals surface area contributed by atoms with Crippen molar-refractivity contribution >= 4 is 21.8 Å². The number of hydrogen-bond donors (Lipinski definition) is 0. The number of nitrogens with zero attached hydrogens (tertiary/aromatic N) is 2. The van der Waals surface area contributed by atoms with E-state index < -0.39 is 29.4 Å². The van der Waals surface area contributed by atoms with Crippen LogP contribution in [0.1, 0.15) is 71.6 Å². The van der Waals surface area contributed by atoms with Gasteiger partial charge in [0.1, 0.15) is 17.2 Å². The van der Waals surface area contributed by atoms with Crippen LogP contribution in [-0.4, -0.2) is 68.9 Å². The number of benzene rings is 3. The quantitative estimate of drug-likeness (QED) is 0.166. The van der Waals surface area contributed by atoms with Gasteiger partial charge in [-0.25, -0.2) is 4.79 Å². The van der Waals surface area contributed by atoms with Gasteiger partial charge in [-0.2, -0.15) is 0 Å². The molecule has 1 aliphatic rings. The van der Waals surface area contributed by atoms with Crippen molar-refractivity contribution in [2.24, 2.45) is 0 Å². The minimum Gasteiger partial charge on any atom is -0.444 e. The third-order valence-electron chi connectivity index (χ3n) is 7.73. The van der Waals surface area contributed by atoms with Crippen LogP contribution in [-0.2, 0) is 30.9 Å². The summed E-state index contributed by atoms with van der Waals surface area (Å²) in [5.41, 5.74) is 1.38. The molecule has 0 aliphatic carbocycles. The molecule has 2 radical (unpaired) electrons. The Kier molecular flexibility index (Phi) is 11.3. The van der Waals surface area contributed by atoms with Crippen molar-refractivity contribution in [3.63, 3.8) is 0 Å². The van der Waals surface area contributed by atoms with Crippen molar-refractivity contribution in [2.75, 3.05) is 19.7 Å². The maximum Gasteiger partial charge on any atom is 0.411 e. The fourth-order valence-electron chi connectivity index (χ4n) is 5.65. The molecule has 1 heterocycles. The third kappa shape index (κ3) is 8.84. The average Bonchev–Trinajstić information content (AvgIpc) is 3.00. The number of ether oxygens (including phenoxy) is 2. The lowest BCUT2D eigenvalue weighted by molar-refractivity contribution is -0.150. The first-order chi connectivity index (χ1) is 21.3. The van der Waals surface area contributed by atoms with Crippen LogP contribution in [0.5, 0.6) is 0 Å². The van der Waals surface area contributed by atoms with Crippen LogP contribution in [0, 0.1) is 0 Å². The van der Waals surface area contributed by atoms with Gasteiger partial charge in [0, 0.05) is 19.7 Å². The van der Waals surface area contributed by atoms with Crippen molar-refractivity contribution in [1.29, 1.82) is 0 Å². The minimum atomic E-state index is -0.992. The smallest absolute Gasteiger partial charge is 0.411 e. The van der Waals surface area contributed by atoms with Crippen molar-refractivity contribution < 1.29 is 23.5 Å². The Bertz CT molecular complexity index is 1330. The number of carbonyl (C=O) groups is 2. The minimum absolute atomic E-state index is 0.115. The number of piperazine rings is 1. The van der Waals surface area contributed by atoms with Gasteiger partial charge < -0.3 is 18.8 Å². The Morgan fingerprint density at radius 2 is 1.38 bits per heavy atom. The van der Waals surface area contributed by atoms with Crippen LogP contribution in [0.3, 0.4) is 0 Å². The molecule has 7 nitrogen and oxygen atoms in total. The fourth-order valence-corrected chi connectivity index (χ4v) is 6.49. The van der Waals surface area contributed by atoms with E-state index in [1.165, 1.54) is 4.90 Å². The summed E-state index contributed by atoms with van der Waals surface area (Å²) < 4.78 is 19.1. The van der Waals surface area contributed by atoms with E-state index >= 15 is 0 Å². The second-order valence-corrected chi connectivity index (χ2v) is 15.6. The van der Waals surface area contributed by atoms with Gasteiger partial charge in [0.2, 0.25) is 15.7 Å². The molecule has 240 valence electrons. The summed E-state index contributed by atoms with van der Waals surface area (Å²) in [7, 11) is 0.141. The summed E-state index contributed by atoms with van der Waals surface area (Å²) in [4.78, 5) is 31.0. The molecular weight excluding hydrogens is 581 g/mol. The molecule has 2 amide bonds. The van der Waals surface area contributed by atoms with Crippen LogP contribution in [0.15, 0.2) is 91.0 Å². The predicted octanol–water partition coefficient (Wildman–Crippen LogP) is 7.23. The molecule has 1 aliphatic heterocycles. The zero-order chi connectivity index (χ0) is 32.7. The normalized spacial score (nSPS) is 16.9. The summed E-state index contributed by atoms with van der Waals surface area (Å²) in [6.45, 7) is 15.4. The van der Waals surface area contributed by atoms with E-state index in [1.54, 1.807) is 6.92 Å². The Hall–Kier alpha value is -3.46. The second-order valence-electron chi connectivity index (χ2n) is 13.6. The van der Waals surface area contributed by atoms with Gasteiger partial charge >= 0.3 is 6.09 Å². The topological polar surface area (TPSA) is 68.3 Å². The van der Waals surface area contributed by atoms with E-state index in [0.717, 1.165) is 16.7 Å². The van der Waals surface area contributed by atoms with Crippen LogP contribution >= 0.6 is 0 Å². The molecule has 45 heavy (non-hydrogen) atoms. The third-order valence-corrected chi connectivity index (χ3v) is 8.77. The molecule has 0 aromatic heterocycles. The first kappa shape index (κ1) is 34.4. The number of carbonyl (C=O) groups excluding carboxylic acids is 2. The molecule has 1 saturated heterocycles. The van der Waals surface area contributed by atoms with E-state index in [1.807, 2.05) is 92.4 Å². The number of hydrogen-bond acceptors (Lipinski definition) is 5. The zero-order valence-electron chi connectivity index (χ0n) is 27.8. The maximum absolute atomic E-state index is 14.4. The van der Waals surface area contributed by atoms with Crippen molar-refractivity contribution in [2.45, 2.75) is 89.8 Å². The van der Waals surface area contributed by atoms with Crippen LogP contribution in [0.4, 0.5) is 4.79 Å².